The molecule has 2 aliphatic heterocycles. The Hall–Kier alpha value is -3.01. The van der Waals surface area contributed by atoms with Crippen molar-refractivity contribution in [2.24, 2.45) is 4.99 Å². The molecule has 2 aromatic rings. The highest BCUT2D eigenvalue weighted by Crippen LogP contribution is 2.34. The van der Waals surface area contributed by atoms with E-state index in [-0.39, 0.29) is 22.9 Å². The van der Waals surface area contributed by atoms with E-state index in [1.165, 1.54) is 10.6 Å². The SMILES string of the molecule is CCCC1N=CC=C(C)C1n1c(=O)nc(N2CCN(C(=O)OC(C)(C)C)C[C@@H]2C)c2cc(F)c(Cl)nc21. The summed E-state index contributed by atoms with van der Waals surface area (Å²) in [6.07, 6.45) is 4.88. The van der Waals surface area contributed by atoms with Crippen LogP contribution in [0.3, 0.4) is 0 Å². The second-order valence-electron chi connectivity index (χ2n) is 10.7. The number of aromatic nitrogens is 3. The standard InChI is InChI=1S/C26H34ClFN6O3/c1-7-8-19-20(15(2)9-10-29-19)34-23-17(13-18(28)21(27)30-23)22(31-24(34)35)33-12-11-32(14-16(33)3)25(36)37-26(4,5)6/h9-10,13,16,19-20H,7-8,11-12,14H2,1-6H3/t16-,19?,20?/m0/s1. The Morgan fingerprint density at radius 3 is 2.65 bits per heavy atom. The fourth-order valence-electron chi connectivity index (χ4n) is 4.99. The van der Waals surface area contributed by atoms with Crippen LogP contribution in [-0.4, -0.2) is 69.1 Å². The number of ether oxygens (including phenoxy) is 1. The van der Waals surface area contributed by atoms with Crippen LogP contribution in [0, 0.1) is 5.82 Å². The molecule has 2 aliphatic rings. The van der Waals surface area contributed by atoms with Gasteiger partial charge in [0, 0.05) is 31.9 Å². The number of amides is 1. The summed E-state index contributed by atoms with van der Waals surface area (Å²) in [5.74, 6) is -0.370. The maximum Gasteiger partial charge on any atom is 0.410 e. The molecular weight excluding hydrogens is 499 g/mol. The van der Waals surface area contributed by atoms with Crippen LogP contribution in [0.15, 0.2) is 27.5 Å². The van der Waals surface area contributed by atoms with Gasteiger partial charge in [0.05, 0.1) is 17.5 Å². The number of aliphatic imine (C=N–C) groups is 1. The van der Waals surface area contributed by atoms with Gasteiger partial charge in [-0.2, -0.15) is 4.98 Å². The molecule has 1 saturated heterocycles. The van der Waals surface area contributed by atoms with Gasteiger partial charge in [-0.15, -0.1) is 0 Å². The van der Waals surface area contributed by atoms with Gasteiger partial charge < -0.3 is 14.5 Å². The zero-order chi connectivity index (χ0) is 27.1. The Morgan fingerprint density at radius 1 is 1.27 bits per heavy atom. The second-order valence-corrected chi connectivity index (χ2v) is 11.1. The summed E-state index contributed by atoms with van der Waals surface area (Å²) >= 11 is 6.12. The highest BCUT2D eigenvalue weighted by Gasteiger charge is 2.34. The van der Waals surface area contributed by atoms with E-state index in [0.717, 1.165) is 18.4 Å². The number of anilines is 1. The summed E-state index contributed by atoms with van der Waals surface area (Å²) < 4.78 is 21.7. The molecule has 1 amide bonds. The Kier molecular flexibility index (Phi) is 7.60. The van der Waals surface area contributed by atoms with E-state index in [0.29, 0.717) is 30.8 Å². The van der Waals surface area contributed by atoms with E-state index < -0.39 is 29.2 Å². The molecule has 0 aromatic carbocycles. The molecule has 2 unspecified atom stereocenters. The van der Waals surface area contributed by atoms with Crippen LogP contribution >= 0.6 is 11.6 Å². The van der Waals surface area contributed by atoms with E-state index in [9.17, 15) is 14.0 Å². The number of rotatable bonds is 4. The molecular formula is C26H34ClFN6O3. The van der Waals surface area contributed by atoms with Crippen molar-refractivity contribution in [2.45, 2.75) is 78.1 Å². The Labute approximate surface area is 221 Å². The van der Waals surface area contributed by atoms with Crippen LogP contribution in [0.1, 0.15) is 60.4 Å². The van der Waals surface area contributed by atoms with E-state index in [1.807, 2.05) is 45.6 Å². The van der Waals surface area contributed by atoms with Crippen molar-refractivity contribution in [3.05, 3.63) is 39.2 Å². The van der Waals surface area contributed by atoms with Crippen LogP contribution < -0.4 is 10.6 Å². The summed E-state index contributed by atoms with van der Waals surface area (Å²) in [5, 5.41) is 0.0743. The Morgan fingerprint density at radius 2 is 2.00 bits per heavy atom. The number of dihydropyridines is 1. The lowest BCUT2D eigenvalue weighted by Crippen LogP contribution is -2.55. The first-order chi connectivity index (χ1) is 17.4. The van der Waals surface area contributed by atoms with E-state index in [2.05, 4.69) is 21.9 Å². The molecule has 0 N–H and O–H groups in total. The minimum Gasteiger partial charge on any atom is -0.444 e. The molecule has 0 radical (unpaired) electrons. The molecule has 37 heavy (non-hydrogen) atoms. The number of hydrogen-bond acceptors (Lipinski definition) is 7. The van der Waals surface area contributed by atoms with Crippen molar-refractivity contribution in [2.75, 3.05) is 24.5 Å². The quantitative estimate of drug-likeness (QED) is 0.527. The van der Waals surface area contributed by atoms with Crippen molar-refractivity contribution < 1.29 is 13.9 Å². The van der Waals surface area contributed by atoms with Gasteiger partial charge in [-0.1, -0.05) is 24.9 Å². The Bertz CT molecular complexity index is 1320. The molecule has 2 aromatic heterocycles. The maximum atomic E-state index is 14.7. The number of allylic oxidation sites excluding steroid dienone is 1. The van der Waals surface area contributed by atoms with Gasteiger partial charge in [-0.05, 0) is 58.8 Å². The number of piperazine rings is 1. The number of carbonyl (C=O) groups is 1. The lowest BCUT2D eigenvalue weighted by molar-refractivity contribution is 0.0218. The van der Waals surface area contributed by atoms with Crippen molar-refractivity contribution in [1.82, 2.24) is 19.4 Å². The molecule has 200 valence electrons. The lowest BCUT2D eigenvalue weighted by atomic mass is 9.94. The highest BCUT2D eigenvalue weighted by molar-refractivity contribution is 6.30. The van der Waals surface area contributed by atoms with Crippen molar-refractivity contribution >= 4 is 40.8 Å². The third-order valence-corrected chi connectivity index (χ3v) is 6.91. The smallest absolute Gasteiger partial charge is 0.410 e. The first-order valence-corrected chi connectivity index (χ1v) is 13.0. The largest absolute Gasteiger partial charge is 0.444 e. The number of carbonyl (C=O) groups excluding carboxylic acids is 1. The van der Waals surface area contributed by atoms with Gasteiger partial charge in [0.1, 0.15) is 17.1 Å². The third kappa shape index (κ3) is 5.49. The zero-order valence-electron chi connectivity index (χ0n) is 22.2. The number of fused-ring (bicyclic) bond motifs is 1. The zero-order valence-corrected chi connectivity index (χ0v) is 22.9. The molecule has 0 aliphatic carbocycles. The molecule has 9 nitrogen and oxygen atoms in total. The van der Waals surface area contributed by atoms with Crippen LogP contribution in [0.5, 0.6) is 0 Å². The number of nitrogens with zero attached hydrogens (tertiary/aromatic N) is 6. The fraction of sp³-hybridized carbons (Fsp3) is 0.577. The molecule has 4 heterocycles. The number of hydrogen-bond donors (Lipinski definition) is 0. The summed E-state index contributed by atoms with van der Waals surface area (Å²) in [6, 6.07) is 0.498. The minimum atomic E-state index is -0.693. The van der Waals surface area contributed by atoms with E-state index >= 15 is 0 Å². The summed E-state index contributed by atoms with van der Waals surface area (Å²) in [6.45, 7) is 12.5. The van der Waals surface area contributed by atoms with Gasteiger partial charge in [0.2, 0.25) is 0 Å². The third-order valence-electron chi connectivity index (χ3n) is 6.65. The fourth-order valence-corrected chi connectivity index (χ4v) is 5.13. The highest BCUT2D eigenvalue weighted by atomic mass is 35.5. The number of halogens is 2. The molecule has 3 atom stereocenters. The first kappa shape index (κ1) is 27.0. The average Bonchev–Trinajstić information content (AvgIpc) is 2.80. The van der Waals surface area contributed by atoms with Crippen LogP contribution in [-0.2, 0) is 4.74 Å². The van der Waals surface area contributed by atoms with Gasteiger partial charge >= 0.3 is 11.8 Å². The molecule has 1 fully saturated rings. The van der Waals surface area contributed by atoms with Crippen LogP contribution in [0.4, 0.5) is 15.0 Å². The summed E-state index contributed by atoms with van der Waals surface area (Å²) in [4.78, 5) is 43.1. The van der Waals surface area contributed by atoms with Gasteiger partial charge in [0.25, 0.3) is 0 Å². The van der Waals surface area contributed by atoms with E-state index in [4.69, 9.17) is 16.3 Å². The predicted octanol–water partition coefficient (Wildman–Crippen LogP) is 4.77. The maximum absolute atomic E-state index is 14.7. The monoisotopic (exact) mass is 532 g/mol. The molecule has 11 heteroatoms. The predicted molar refractivity (Wildman–Crippen MR) is 143 cm³/mol. The topological polar surface area (TPSA) is 92.9 Å². The second kappa shape index (κ2) is 10.4. The van der Waals surface area contributed by atoms with Gasteiger partial charge in [-0.3, -0.25) is 9.56 Å². The molecule has 0 saturated carbocycles. The van der Waals surface area contributed by atoms with Gasteiger partial charge in [0.15, 0.2) is 11.0 Å². The summed E-state index contributed by atoms with van der Waals surface area (Å²) in [7, 11) is 0. The molecule has 0 bridgehead atoms. The van der Waals surface area contributed by atoms with Crippen molar-refractivity contribution in [1.29, 1.82) is 0 Å². The van der Waals surface area contributed by atoms with Crippen molar-refractivity contribution in [3.63, 3.8) is 0 Å². The Balaban J connectivity index is 1.78. The normalized spacial score (nSPS) is 22.4. The van der Waals surface area contributed by atoms with Crippen LogP contribution in [0.25, 0.3) is 11.0 Å². The number of pyridine rings is 1. The summed E-state index contributed by atoms with van der Waals surface area (Å²) in [5.41, 5.74) is 0.0932. The van der Waals surface area contributed by atoms with Crippen LogP contribution in [0.2, 0.25) is 5.15 Å². The molecule has 4 rings (SSSR count). The van der Waals surface area contributed by atoms with Crippen molar-refractivity contribution in [3.8, 4) is 0 Å². The van der Waals surface area contributed by atoms with Gasteiger partial charge in [-0.25, -0.2) is 19.0 Å². The van der Waals surface area contributed by atoms with E-state index in [1.54, 1.807) is 11.1 Å². The molecule has 0 spiro atoms. The minimum absolute atomic E-state index is 0.175. The first-order valence-electron chi connectivity index (χ1n) is 12.6. The average molecular weight is 533 g/mol. The lowest BCUT2D eigenvalue weighted by Gasteiger charge is -2.41.